The first kappa shape index (κ1) is 17.0. The van der Waals surface area contributed by atoms with E-state index in [0.29, 0.717) is 21.5 Å². The van der Waals surface area contributed by atoms with E-state index < -0.39 is 5.97 Å². The van der Waals surface area contributed by atoms with Gasteiger partial charge in [-0.05, 0) is 46.3 Å². The van der Waals surface area contributed by atoms with Crippen LogP contribution in [0.3, 0.4) is 0 Å². The fourth-order valence-electron chi connectivity index (χ4n) is 1.95. The molecule has 120 valence electrons. The Morgan fingerprint density at radius 2 is 1.70 bits per heavy atom. The molecule has 0 radical (unpaired) electrons. The molecular formula is C17H15BrO5. The fourth-order valence-corrected chi connectivity index (χ4v) is 2.49. The Morgan fingerprint density at radius 1 is 1.00 bits per heavy atom. The average molecular weight is 379 g/mol. The summed E-state index contributed by atoms with van der Waals surface area (Å²) in [4.78, 5) is 24.2. The number of rotatable bonds is 6. The van der Waals surface area contributed by atoms with Crippen molar-refractivity contribution in [1.29, 1.82) is 0 Å². The van der Waals surface area contributed by atoms with Gasteiger partial charge in [0, 0.05) is 5.56 Å². The highest BCUT2D eigenvalue weighted by Gasteiger charge is 2.16. The molecule has 0 unspecified atom stereocenters. The van der Waals surface area contributed by atoms with Crippen molar-refractivity contribution in [2.24, 2.45) is 0 Å². The normalized spacial score (nSPS) is 10.0. The molecule has 2 aromatic rings. The molecule has 0 spiro atoms. The minimum atomic E-state index is -0.608. The van der Waals surface area contributed by atoms with Crippen molar-refractivity contribution >= 4 is 27.7 Å². The topological polar surface area (TPSA) is 61.8 Å². The molecule has 0 saturated heterocycles. The van der Waals surface area contributed by atoms with Crippen LogP contribution in [0.25, 0.3) is 0 Å². The first-order valence-electron chi connectivity index (χ1n) is 6.73. The molecule has 23 heavy (non-hydrogen) atoms. The van der Waals surface area contributed by atoms with Gasteiger partial charge in [0.1, 0.15) is 17.1 Å². The molecule has 0 N–H and O–H groups in total. The van der Waals surface area contributed by atoms with E-state index in [1.54, 1.807) is 42.5 Å². The molecule has 0 aromatic heterocycles. The SMILES string of the molecule is COc1ccc(C(=O)COC(=O)c2ccccc2OC)cc1Br. The van der Waals surface area contributed by atoms with E-state index in [4.69, 9.17) is 14.2 Å². The third kappa shape index (κ3) is 4.10. The van der Waals surface area contributed by atoms with Crippen molar-refractivity contribution in [1.82, 2.24) is 0 Å². The van der Waals surface area contributed by atoms with E-state index in [1.807, 2.05) is 0 Å². The van der Waals surface area contributed by atoms with Crippen LogP contribution < -0.4 is 9.47 Å². The molecule has 0 saturated carbocycles. The molecule has 0 bridgehead atoms. The summed E-state index contributed by atoms with van der Waals surface area (Å²) in [5.74, 6) is 0.102. The van der Waals surface area contributed by atoms with Gasteiger partial charge in [-0.1, -0.05) is 12.1 Å². The lowest BCUT2D eigenvalue weighted by molar-refractivity contribution is 0.0471. The minimum Gasteiger partial charge on any atom is -0.496 e. The number of ketones is 1. The first-order valence-corrected chi connectivity index (χ1v) is 7.53. The average Bonchev–Trinajstić information content (AvgIpc) is 2.59. The summed E-state index contributed by atoms with van der Waals surface area (Å²) >= 11 is 3.31. The standard InChI is InChI=1S/C17H15BrO5/c1-21-15-6-4-3-5-12(15)17(20)23-10-14(19)11-7-8-16(22-2)13(18)9-11/h3-9H,10H2,1-2H3. The van der Waals surface area contributed by atoms with Crippen molar-refractivity contribution in [2.45, 2.75) is 0 Å². The van der Waals surface area contributed by atoms with E-state index >= 15 is 0 Å². The lowest BCUT2D eigenvalue weighted by Crippen LogP contribution is -2.15. The minimum absolute atomic E-state index is 0.277. The van der Waals surface area contributed by atoms with Crippen LogP contribution in [-0.2, 0) is 4.74 Å². The lowest BCUT2D eigenvalue weighted by Gasteiger charge is -2.09. The smallest absolute Gasteiger partial charge is 0.342 e. The Bertz CT molecular complexity index is 727. The van der Waals surface area contributed by atoms with E-state index in [-0.39, 0.29) is 18.0 Å². The number of benzene rings is 2. The van der Waals surface area contributed by atoms with E-state index in [9.17, 15) is 9.59 Å². The third-order valence-corrected chi connectivity index (χ3v) is 3.75. The van der Waals surface area contributed by atoms with E-state index in [0.717, 1.165) is 0 Å². The predicted molar refractivity (Wildman–Crippen MR) is 88.3 cm³/mol. The number of ether oxygens (including phenoxy) is 3. The summed E-state index contributed by atoms with van der Waals surface area (Å²) < 4.78 is 15.9. The highest BCUT2D eigenvalue weighted by atomic mass is 79.9. The molecule has 5 nitrogen and oxygen atoms in total. The van der Waals surface area contributed by atoms with Crippen LogP contribution in [0.5, 0.6) is 11.5 Å². The Balaban J connectivity index is 2.04. The van der Waals surface area contributed by atoms with Gasteiger partial charge in [-0.3, -0.25) is 4.79 Å². The summed E-state index contributed by atoms with van der Waals surface area (Å²) in [5, 5.41) is 0. The Morgan fingerprint density at radius 3 is 2.35 bits per heavy atom. The molecule has 0 amide bonds. The van der Waals surface area contributed by atoms with Crippen LogP contribution in [0.1, 0.15) is 20.7 Å². The number of esters is 1. The zero-order valence-corrected chi connectivity index (χ0v) is 14.3. The third-order valence-electron chi connectivity index (χ3n) is 3.14. The van der Waals surface area contributed by atoms with Crippen LogP contribution in [-0.4, -0.2) is 32.6 Å². The van der Waals surface area contributed by atoms with Crippen LogP contribution in [0.15, 0.2) is 46.9 Å². The molecule has 0 heterocycles. The zero-order chi connectivity index (χ0) is 16.8. The second-order valence-electron chi connectivity index (χ2n) is 4.55. The van der Waals surface area contributed by atoms with Crippen molar-refractivity contribution in [3.8, 4) is 11.5 Å². The first-order chi connectivity index (χ1) is 11.1. The van der Waals surface area contributed by atoms with Crippen molar-refractivity contribution in [3.05, 3.63) is 58.1 Å². The largest absolute Gasteiger partial charge is 0.496 e. The van der Waals surface area contributed by atoms with Crippen molar-refractivity contribution < 1.29 is 23.8 Å². The molecule has 0 fully saturated rings. The Kier molecular flexibility index (Phi) is 5.76. The lowest BCUT2D eigenvalue weighted by atomic mass is 10.1. The van der Waals surface area contributed by atoms with Gasteiger partial charge in [-0.2, -0.15) is 0 Å². The second kappa shape index (κ2) is 7.78. The predicted octanol–water partition coefficient (Wildman–Crippen LogP) is 3.51. The molecule has 2 aromatic carbocycles. The molecule has 0 aliphatic heterocycles. The van der Waals surface area contributed by atoms with Gasteiger partial charge in [-0.25, -0.2) is 4.79 Å². The molecule has 2 rings (SSSR count). The summed E-state index contributed by atoms with van der Waals surface area (Å²) in [6.07, 6.45) is 0. The maximum atomic E-state index is 12.1. The van der Waals surface area contributed by atoms with Gasteiger partial charge in [0.05, 0.1) is 18.7 Å². The zero-order valence-electron chi connectivity index (χ0n) is 12.7. The monoisotopic (exact) mass is 378 g/mol. The van der Waals surface area contributed by atoms with Crippen molar-refractivity contribution in [2.75, 3.05) is 20.8 Å². The number of para-hydroxylation sites is 1. The van der Waals surface area contributed by atoms with Crippen LogP contribution in [0, 0.1) is 0 Å². The number of hydrogen-bond donors (Lipinski definition) is 0. The number of carbonyl (C=O) groups is 2. The molecule has 0 atom stereocenters. The fraction of sp³-hybridized carbons (Fsp3) is 0.176. The van der Waals surface area contributed by atoms with Crippen LogP contribution in [0.4, 0.5) is 0 Å². The van der Waals surface area contributed by atoms with Crippen LogP contribution in [0.2, 0.25) is 0 Å². The molecule has 6 heteroatoms. The molecule has 0 aliphatic carbocycles. The van der Waals surface area contributed by atoms with E-state index in [2.05, 4.69) is 15.9 Å². The van der Waals surface area contributed by atoms with Crippen molar-refractivity contribution in [3.63, 3.8) is 0 Å². The van der Waals surface area contributed by atoms with Gasteiger partial charge in [-0.15, -0.1) is 0 Å². The number of Topliss-reactive ketones (excluding diaryl/α,β-unsaturated/α-hetero) is 1. The van der Waals surface area contributed by atoms with Crippen LogP contribution >= 0.6 is 15.9 Å². The molecule has 0 aliphatic rings. The number of halogens is 1. The second-order valence-corrected chi connectivity index (χ2v) is 5.40. The van der Waals surface area contributed by atoms with Gasteiger partial charge in [0.15, 0.2) is 12.4 Å². The van der Waals surface area contributed by atoms with Gasteiger partial charge in [0.25, 0.3) is 0 Å². The van der Waals surface area contributed by atoms with Gasteiger partial charge >= 0.3 is 5.97 Å². The Hall–Kier alpha value is -2.34. The van der Waals surface area contributed by atoms with E-state index in [1.165, 1.54) is 14.2 Å². The summed E-state index contributed by atoms with van der Waals surface area (Å²) in [5.41, 5.74) is 0.698. The number of hydrogen-bond acceptors (Lipinski definition) is 5. The summed E-state index contributed by atoms with van der Waals surface area (Å²) in [6.45, 7) is -0.352. The maximum Gasteiger partial charge on any atom is 0.342 e. The van der Waals surface area contributed by atoms with Gasteiger partial charge in [0.2, 0.25) is 0 Å². The highest BCUT2D eigenvalue weighted by Crippen LogP contribution is 2.25. The maximum absolute atomic E-state index is 12.1. The Labute approximate surface area is 142 Å². The quantitative estimate of drug-likeness (QED) is 0.568. The number of methoxy groups -OCH3 is 2. The summed E-state index contributed by atoms with van der Waals surface area (Å²) in [6, 6.07) is 11.6. The van der Waals surface area contributed by atoms with Gasteiger partial charge < -0.3 is 14.2 Å². The highest BCUT2D eigenvalue weighted by molar-refractivity contribution is 9.10. The summed E-state index contributed by atoms with van der Waals surface area (Å²) in [7, 11) is 3.00. The number of carbonyl (C=O) groups excluding carboxylic acids is 2. The molecular weight excluding hydrogens is 364 g/mol.